The van der Waals surface area contributed by atoms with Gasteiger partial charge in [-0.3, -0.25) is 4.79 Å². The van der Waals surface area contributed by atoms with Gasteiger partial charge in [0.05, 0.1) is 33.0 Å². The number of carbonyl (C=O) groups excluding carboxylic acids is 1. The van der Waals surface area contributed by atoms with Crippen molar-refractivity contribution < 1.29 is 23.7 Å². The Morgan fingerprint density at radius 1 is 1.00 bits per heavy atom. The highest BCUT2D eigenvalue weighted by Crippen LogP contribution is 2.36. The highest BCUT2D eigenvalue weighted by atomic mass is 35.5. The summed E-state index contributed by atoms with van der Waals surface area (Å²) in [6.45, 7) is 2.35. The molecule has 5 nitrogen and oxygen atoms in total. The van der Waals surface area contributed by atoms with E-state index in [1.54, 1.807) is 43.5 Å². The molecule has 0 radical (unpaired) electrons. The topological polar surface area (TPSA) is 54.0 Å². The van der Waals surface area contributed by atoms with Gasteiger partial charge in [0, 0.05) is 5.56 Å². The van der Waals surface area contributed by atoms with Crippen molar-refractivity contribution in [3.8, 4) is 23.0 Å². The van der Waals surface area contributed by atoms with Crippen LogP contribution in [0.3, 0.4) is 0 Å². The molecule has 0 amide bonds. The summed E-state index contributed by atoms with van der Waals surface area (Å²) in [7, 11) is 4.60. The fourth-order valence-electron chi connectivity index (χ4n) is 2.40. The van der Waals surface area contributed by atoms with Crippen LogP contribution in [0.1, 0.15) is 22.8 Å². The largest absolute Gasteiger partial charge is 0.493 e. The van der Waals surface area contributed by atoms with Gasteiger partial charge in [0.25, 0.3) is 0 Å². The molecule has 0 aliphatic heterocycles. The number of hydrogen-bond acceptors (Lipinski definition) is 5. The van der Waals surface area contributed by atoms with Gasteiger partial charge < -0.3 is 18.9 Å². The smallest absolute Gasteiger partial charge is 0.185 e. The number of benzene rings is 2. The lowest BCUT2D eigenvalue weighted by Crippen LogP contribution is -1.98. The van der Waals surface area contributed by atoms with E-state index in [0.29, 0.717) is 40.2 Å². The Hall–Kier alpha value is -2.66. The first-order chi connectivity index (χ1) is 12.5. The zero-order chi connectivity index (χ0) is 19.1. The molecule has 2 aromatic carbocycles. The van der Waals surface area contributed by atoms with Gasteiger partial charge in [-0.15, -0.1) is 0 Å². The maximum absolute atomic E-state index is 12.4. The summed E-state index contributed by atoms with van der Waals surface area (Å²) in [6.07, 6.45) is 3.14. The number of allylic oxidation sites excluding steroid dienone is 1. The average molecular weight is 377 g/mol. The van der Waals surface area contributed by atoms with E-state index in [2.05, 4.69) is 0 Å². The highest BCUT2D eigenvalue weighted by Gasteiger charge is 2.12. The van der Waals surface area contributed by atoms with Gasteiger partial charge in [-0.2, -0.15) is 0 Å². The van der Waals surface area contributed by atoms with Crippen LogP contribution in [0.4, 0.5) is 0 Å². The van der Waals surface area contributed by atoms with Gasteiger partial charge in [-0.25, -0.2) is 0 Å². The molecule has 2 aromatic rings. The van der Waals surface area contributed by atoms with Crippen LogP contribution in [-0.4, -0.2) is 33.7 Å². The van der Waals surface area contributed by atoms with Crippen molar-refractivity contribution >= 4 is 23.5 Å². The molecule has 0 heterocycles. The lowest BCUT2D eigenvalue weighted by atomic mass is 10.1. The molecule has 0 fully saturated rings. The summed E-state index contributed by atoms with van der Waals surface area (Å²) in [5, 5.41) is 0.414. The number of carbonyl (C=O) groups is 1. The third-order valence-corrected chi connectivity index (χ3v) is 3.91. The summed E-state index contributed by atoms with van der Waals surface area (Å²) in [6, 6.07) is 8.49. The Morgan fingerprint density at radius 3 is 2.35 bits per heavy atom. The second-order valence-electron chi connectivity index (χ2n) is 5.23. The normalized spacial score (nSPS) is 10.7. The van der Waals surface area contributed by atoms with Crippen molar-refractivity contribution in [1.29, 1.82) is 0 Å². The van der Waals surface area contributed by atoms with Crippen molar-refractivity contribution in [3.63, 3.8) is 0 Å². The fourth-order valence-corrected chi connectivity index (χ4v) is 2.70. The number of methoxy groups -OCH3 is 3. The summed E-state index contributed by atoms with van der Waals surface area (Å²) < 4.78 is 21.2. The van der Waals surface area contributed by atoms with E-state index >= 15 is 0 Å². The predicted octanol–water partition coefficient (Wildman–Crippen LogP) is 4.66. The SMILES string of the molecule is CCOc1cc(/C=C/C(=O)c2ccc(OC)c(OC)c2)cc(Cl)c1OC. The minimum absolute atomic E-state index is 0.171. The molecule has 0 aliphatic rings. The molecule has 0 saturated heterocycles. The maximum Gasteiger partial charge on any atom is 0.185 e. The second-order valence-corrected chi connectivity index (χ2v) is 5.64. The van der Waals surface area contributed by atoms with Gasteiger partial charge in [0.15, 0.2) is 28.8 Å². The minimum Gasteiger partial charge on any atom is -0.493 e. The molecule has 0 atom stereocenters. The van der Waals surface area contributed by atoms with E-state index in [9.17, 15) is 4.79 Å². The van der Waals surface area contributed by atoms with Crippen molar-refractivity contribution in [1.82, 2.24) is 0 Å². The second kappa shape index (κ2) is 9.15. The molecule has 0 bridgehead atoms. The molecule has 0 unspecified atom stereocenters. The van der Waals surface area contributed by atoms with Gasteiger partial charge in [-0.1, -0.05) is 17.7 Å². The fraction of sp³-hybridized carbons (Fsp3) is 0.250. The summed E-state index contributed by atoms with van der Waals surface area (Å²) in [5.74, 6) is 1.89. The third-order valence-electron chi connectivity index (χ3n) is 3.63. The van der Waals surface area contributed by atoms with E-state index in [4.69, 9.17) is 30.5 Å². The zero-order valence-electron chi connectivity index (χ0n) is 15.2. The lowest BCUT2D eigenvalue weighted by molar-refractivity contribution is 0.104. The van der Waals surface area contributed by atoms with Crippen molar-refractivity contribution in [2.45, 2.75) is 6.92 Å². The van der Waals surface area contributed by atoms with Gasteiger partial charge in [0.1, 0.15) is 0 Å². The summed E-state index contributed by atoms with van der Waals surface area (Å²) in [5.41, 5.74) is 1.22. The maximum atomic E-state index is 12.4. The summed E-state index contributed by atoms with van der Waals surface area (Å²) in [4.78, 5) is 12.4. The monoisotopic (exact) mass is 376 g/mol. The Labute approximate surface area is 158 Å². The van der Waals surface area contributed by atoms with Crippen molar-refractivity contribution in [2.24, 2.45) is 0 Å². The van der Waals surface area contributed by atoms with Crippen LogP contribution in [0.25, 0.3) is 6.08 Å². The molecule has 138 valence electrons. The zero-order valence-corrected chi connectivity index (χ0v) is 15.9. The first-order valence-electron chi connectivity index (χ1n) is 7.98. The minimum atomic E-state index is -0.171. The van der Waals surface area contributed by atoms with Crippen LogP contribution in [0.5, 0.6) is 23.0 Å². The quantitative estimate of drug-likeness (QED) is 0.495. The molecule has 0 N–H and O–H groups in total. The molecule has 0 saturated carbocycles. The van der Waals surface area contributed by atoms with Crippen LogP contribution >= 0.6 is 11.6 Å². The molecule has 2 rings (SSSR count). The van der Waals surface area contributed by atoms with Crippen molar-refractivity contribution in [2.75, 3.05) is 27.9 Å². The molecular weight excluding hydrogens is 356 g/mol. The Balaban J connectivity index is 2.27. The number of ketones is 1. The Bertz CT molecular complexity index is 814. The molecule has 6 heteroatoms. The van der Waals surface area contributed by atoms with Crippen LogP contribution < -0.4 is 18.9 Å². The number of hydrogen-bond donors (Lipinski definition) is 0. The molecule has 0 aromatic heterocycles. The molecule has 26 heavy (non-hydrogen) atoms. The molecule has 0 aliphatic carbocycles. The van der Waals surface area contributed by atoms with Gasteiger partial charge >= 0.3 is 0 Å². The van der Waals surface area contributed by atoms with Crippen LogP contribution in [0.15, 0.2) is 36.4 Å². The third kappa shape index (κ3) is 4.49. The number of ether oxygens (including phenoxy) is 4. The standard InChI is InChI=1S/C20H21ClO5/c1-5-26-19-11-13(10-15(21)20(19)25-4)6-8-16(22)14-7-9-17(23-2)18(12-14)24-3/h6-12H,5H2,1-4H3/b8-6+. The molecular formula is C20H21ClO5. The van der Waals surface area contributed by atoms with Gasteiger partial charge in [0.2, 0.25) is 0 Å². The van der Waals surface area contributed by atoms with Crippen LogP contribution in [0.2, 0.25) is 5.02 Å². The molecule has 0 spiro atoms. The Morgan fingerprint density at radius 2 is 1.73 bits per heavy atom. The highest BCUT2D eigenvalue weighted by molar-refractivity contribution is 6.32. The number of halogens is 1. The summed E-state index contributed by atoms with van der Waals surface area (Å²) >= 11 is 6.22. The van der Waals surface area contributed by atoms with Gasteiger partial charge in [-0.05, 0) is 48.9 Å². The van der Waals surface area contributed by atoms with Crippen LogP contribution in [0, 0.1) is 0 Å². The predicted molar refractivity (Wildman–Crippen MR) is 102 cm³/mol. The van der Waals surface area contributed by atoms with Crippen molar-refractivity contribution in [3.05, 3.63) is 52.6 Å². The van der Waals surface area contributed by atoms with E-state index in [0.717, 1.165) is 5.56 Å². The lowest BCUT2D eigenvalue weighted by Gasteiger charge is -2.11. The van der Waals surface area contributed by atoms with E-state index < -0.39 is 0 Å². The average Bonchev–Trinajstić information content (AvgIpc) is 2.65. The first kappa shape index (κ1) is 19.7. The first-order valence-corrected chi connectivity index (χ1v) is 8.36. The Kier molecular flexibility index (Phi) is 6.92. The van der Waals surface area contributed by atoms with Crippen LogP contribution in [-0.2, 0) is 0 Å². The van der Waals surface area contributed by atoms with E-state index in [1.807, 2.05) is 6.92 Å². The number of rotatable bonds is 8. The van der Waals surface area contributed by atoms with E-state index in [-0.39, 0.29) is 5.78 Å². The van der Waals surface area contributed by atoms with E-state index in [1.165, 1.54) is 20.3 Å².